The minimum Gasteiger partial charge on any atom is -0.495 e. The molecule has 1 unspecified atom stereocenters. The van der Waals surface area contributed by atoms with E-state index in [1.807, 2.05) is 24.3 Å². The van der Waals surface area contributed by atoms with Crippen LogP contribution >= 0.6 is 0 Å². The van der Waals surface area contributed by atoms with Crippen molar-refractivity contribution < 1.29 is 14.6 Å². The van der Waals surface area contributed by atoms with Gasteiger partial charge in [0.15, 0.2) is 0 Å². The highest BCUT2D eigenvalue weighted by molar-refractivity contribution is 5.83. The lowest BCUT2D eigenvalue weighted by Gasteiger charge is -2.36. The number of allylic oxidation sites excluding steroid dienone is 2. The summed E-state index contributed by atoms with van der Waals surface area (Å²) in [5.74, 6) is 0.338. The van der Waals surface area contributed by atoms with Crippen LogP contribution in [0.15, 0.2) is 65.9 Å². The maximum Gasteiger partial charge on any atom is 0.303 e. The number of hydrogen-bond donors (Lipinski definition) is 2. The largest absolute Gasteiger partial charge is 0.495 e. The maximum absolute atomic E-state index is 11.0. The van der Waals surface area contributed by atoms with E-state index in [0.29, 0.717) is 25.4 Å². The minimum absolute atomic E-state index is 0.107. The molecule has 1 atom stereocenters. The molecule has 3 N–H and O–H groups in total. The van der Waals surface area contributed by atoms with Gasteiger partial charge in [-0.15, -0.1) is 0 Å². The Kier molecular flexibility index (Phi) is 5.66. The predicted octanol–water partition coefficient (Wildman–Crippen LogP) is 4.75. The average molecular weight is 365 g/mol. The van der Waals surface area contributed by atoms with Crippen LogP contribution in [0.3, 0.4) is 0 Å². The van der Waals surface area contributed by atoms with Gasteiger partial charge in [0.05, 0.1) is 6.61 Å². The SMILES string of the molecule is CC(C)COC1=CC=C(CCC(=O)O)CC1(N)c1ccc2ccccc2c1. The molecule has 0 aromatic heterocycles. The molecule has 0 amide bonds. The van der Waals surface area contributed by atoms with Crippen LogP contribution in [-0.4, -0.2) is 17.7 Å². The maximum atomic E-state index is 11.0. The predicted molar refractivity (Wildman–Crippen MR) is 108 cm³/mol. The number of carboxylic acid groups (broad SMARTS) is 1. The molecule has 4 heteroatoms. The summed E-state index contributed by atoms with van der Waals surface area (Å²) in [5.41, 5.74) is 8.14. The fourth-order valence-corrected chi connectivity index (χ4v) is 3.43. The summed E-state index contributed by atoms with van der Waals surface area (Å²) in [6.07, 6.45) is 5.04. The summed E-state index contributed by atoms with van der Waals surface area (Å²) in [6.45, 7) is 4.80. The number of carbonyl (C=O) groups is 1. The zero-order chi connectivity index (χ0) is 19.4. The van der Waals surface area contributed by atoms with Crippen molar-refractivity contribution in [1.82, 2.24) is 0 Å². The molecule has 0 aliphatic heterocycles. The molecule has 0 fully saturated rings. The van der Waals surface area contributed by atoms with E-state index < -0.39 is 11.5 Å². The Labute approximate surface area is 160 Å². The van der Waals surface area contributed by atoms with Crippen molar-refractivity contribution in [2.75, 3.05) is 6.61 Å². The molecule has 0 saturated heterocycles. The van der Waals surface area contributed by atoms with Gasteiger partial charge in [-0.2, -0.15) is 0 Å². The van der Waals surface area contributed by atoms with Gasteiger partial charge in [0.1, 0.15) is 11.3 Å². The van der Waals surface area contributed by atoms with E-state index in [1.165, 1.54) is 0 Å². The Bertz CT molecular complexity index is 897. The molecule has 27 heavy (non-hydrogen) atoms. The average Bonchev–Trinajstić information content (AvgIpc) is 2.65. The number of carboxylic acids is 1. The van der Waals surface area contributed by atoms with Crippen LogP contribution in [0.1, 0.15) is 38.7 Å². The second-order valence-corrected chi connectivity index (χ2v) is 7.66. The van der Waals surface area contributed by atoms with Crippen molar-refractivity contribution in [3.63, 3.8) is 0 Å². The third-order valence-corrected chi connectivity index (χ3v) is 4.91. The molecule has 0 saturated carbocycles. The van der Waals surface area contributed by atoms with Crippen LogP contribution in [0.2, 0.25) is 0 Å². The van der Waals surface area contributed by atoms with Gasteiger partial charge in [-0.25, -0.2) is 0 Å². The number of rotatable bonds is 7. The molecule has 1 aliphatic carbocycles. The zero-order valence-electron chi connectivity index (χ0n) is 15.9. The molecule has 0 bridgehead atoms. The lowest BCUT2D eigenvalue weighted by Crippen LogP contribution is -2.41. The van der Waals surface area contributed by atoms with Crippen molar-refractivity contribution in [3.05, 3.63) is 71.5 Å². The lowest BCUT2D eigenvalue weighted by molar-refractivity contribution is -0.136. The molecule has 4 nitrogen and oxygen atoms in total. The lowest BCUT2D eigenvalue weighted by atomic mass is 9.78. The number of fused-ring (bicyclic) bond motifs is 1. The molecular formula is C23H27NO3. The molecule has 1 aliphatic rings. The zero-order valence-corrected chi connectivity index (χ0v) is 15.9. The van der Waals surface area contributed by atoms with Gasteiger partial charge in [0.2, 0.25) is 0 Å². The second-order valence-electron chi connectivity index (χ2n) is 7.66. The monoisotopic (exact) mass is 365 g/mol. The van der Waals surface area contributed by atoms with Crippen molar-refractivity contribution >= 4 is 16.7 Å². The van der Waals surface area contributed by atoms with Gasteiger partial charge >= 0.3 is 5.97 Å². The standard InChI is InChI=1S/C23H27NO3/c1-16(2)15-27-21-11-7-17(8-12-22(25)26)14-23(21,24)20-10-9-18-5-3-4-6-19(18)13-20/h3-7,9-11,13,16H,8,12,14-15,24H2,1-2H3,(H,25,26). The first-order chi connectivity index (χ1) is 12.9. The van der Waals surface area contributed by atoms with Crippen LogP contribution in [0, 0.1) is 5.92 Å². The number of ether oxygens (including phenoxy) is 1. The Morgan fingerprint density at radius 2 is 1.93 bits per heavy atom. The molecular weight excluding hydrogens is 338 g/mol. The Hall–Kier alpha value is -2.59. The quantitative estimate of drug-likeness (QED) is 0.743. The first-order valence-electron chi connectivity index (χ1n) is 9.41. The van der Waals surface area contributed by atoms with Crippen molar-refractivity contribution in [1.29, 1.82) is 0 Å². The van der Waals surface area contributed by atoms with E-state index >= 15 is 0 Å². The Morgan fingerprint density at radius 1 is 1.19 bits per heavy atom. The van der Waals surface area contributed by atoms with Gasteiger partial charge in [0, 0.05) is 6.42 Å². The summed E-state index contributed by atoms with van der Waals surface area (Å²) in [5, 5.41) is 11.3. The smallest absolute Gasteiger partial charge is 0.303 e. The number of aliphatic carboxylic acids is 1. The first kappa shape index (κ1) is 19.2. The van der Waals surface area contributed by atoms with Crippen LogP contribution in [0.4, 0.5) is 0 Å². The van der Waals surface area contributed by atoms with Gasteiger partial charge in [0.25, 0.3) is 0 Å². The van der Waals surface area contributed by atoms with Crippen LogP contribution < -0.4 is 5.73 Å². The third-order valence-electron chi connectivity index (χ3n) is 4.91. The number of nitrogens with two attached hydrogens (primary N) is 1. The van der Waals surface area contributed by atoms with E-state index in [1.54, 1.807) is 0 Å². The van der Waals surface area contributed by atoms with E-state index in [4.69, 9.17) is 15.6 Å². The molecule has 0 heterocycles. The highest BCUT2D eigenvalue weighted by atomic mass is 16.5. The molecule has 0 radical (unpaired) electrons. The van der Waals surface area contributed by atoms with E-state index in [9.17, 15) is 4.79 Å². The summed E-state index contributed by atoms with van der Waals surface area (Å²) < 4.78 is 6.08. The van der Waals surface area contributed by atoms with Crippen LogP contribution in [0.5, 0.6) is 0 Å². The number of hydrogen-bond acceptors (Lipinski definition) is 3. The van der Waals surface area contributed by atoms with Gasteiger partial charge < -0.3 is 15.6 Å². The first-order valence-corrected chi connectivity index (χ1v) is 9.41. The van der Waals surface area contributed by atoms with Gasteiger partial charge in [-0.05, 0) is 47.2 Å². The summed E-state index contributed by atoms with van der Waals surface area (Å²) >= 11 is 0. The fraction of sp³-hybridized carbons (Fsp3) is 0.348. The molecule has 2 aromatic carbocycles. The third kappa shape index (κ3) is 4.40. The fourth-order valence-electron chi connectivity index (χ4n) is 3.43. The van der Waals surface area contributed by atoms with Crippen LogP contribution in [-0.2, 0) is 15.1 Å². The van der Waals surface area contributed by atoms with Crippen molar-refractivity contribution in [2.24, 2.45) is 11.7 Å². The molecule has 3 rings (SSSR count). The van der Waals surface area contributed by atoms with Crippen molar-refractivity contribution in [3.8, 4) is 0 Å². The summed E-state index contributed by atoms with van der Waals surface area (Å²) in [7, 11) is 0. The normalized spacial score (nSPS) is 19.7. The molecule has 2 aromatic rings. The summed E-state index contributed by atoms with van der Waals surface area (Å²) in [4.78, 5) is 11.0. The highest BCUT2D eigenvalue weighted by Gasteiger charge is 2.36. The van der Waals surface area contributed by atoms with E-state index in [0.717, 1.165) is 27.7 Å². The topological polar surface area (TPSA) is 72.5 Å². The Morgan fingerprint density at radius 3 is 2.63 bits per heavy atom. The van der Waals surface area contributed by atoms with Gasteiger partial charge in [-0.1, -0.05) is 61.9 Å². The summed E-state index contributed by atoms with van der Waals surface area (Å²) in [6, 6.07) is 14.4. The second kappa shape index (κ2) is 7.97. The van der Waals surface area contributed by atoms with Gasteiger partial charge in [-0.3, -0.25) is 4.79 Å². The highest BCUT2D eigenvalue weighted by Crippen LogP contribution is 2.39. The van der Waals surface area contributed by atoms with E-state index in [-0.39, 0.29) is 6.42 Å². The van der Waals surface area contributed by atoms with E-state index in [2.05, 4.69) is 44.2 Å². The van der Waals surface area contributed by atoms with Crippen LogP contribution in [0.25, 0.3) is 10.8 Å². The number of benzene rings is 2. The molecule has 0 spiro atoms. The Balaban J connectivity index is 1.97. The molecule has 142 valence electrons. The minimum atomic E-state index is -0.796. The van der Waals surface area contributed by atoms with Crippen molar-refractivity contribution in [2.45, 2.75) is 38.6 Å².